The number of hydrogen-bond donors (Lipinski definition) is 0. The molecule has 2 nitrogen and oxygen atoms in total. The normalized spacial score (nSPS) is 21.5. The van der Waals surface area contributed by atoms with E-state index in [1.807, 2.05) is 0 Å². The standard InChI is InChI=1S/C16H24ClNO/c1-12-8-13(9-17)6-7-14(12)18-10-15(2,3)19-16(4,5)11-18/h6-8H,9-11H2,1-5H3. The molecule has 0 unspecified atom stereocenters. The average molecular weight is 282 g/mol. The fourth-order valence-corrected chi connectivity index (χ4v) is 3.28. The summed E-state index contributed by atoms with van der Waals surface area (Å²) in [6.07, 6.45) is 0. The molecule has 0 amide bonds. The number of aryl methyl sites for hydroxylation is 1. The Labute approximate surface area is 121 Å². The van der Waals surface area contributed by atoms with Gasteiger partial charge in [0.15, 0.2) is 0 Å². The Morgan fingerprint density at radius 1 is 1.16 bits per heavy atom. The third-order valence-corrected chi connectivity index (χ3v) is 3.76. The molecule has 19 heavy (non-hydrogen) atoms. The minimum Gasteiger partial charge on any atom is -0.366 e. The summed E-state index contributed by atoms with van der Waals surface area (Å²) in [7, 11) is 0. The Balaban J connectivity index is 2.31. The highest BCUT2D eigenvalue weighted by Crippen LogP contribution is 2.33. The number of nitrogens with zero attached hydrogens (tertiary/aromatic N) is 1. The van der Waals surface area contributed by atoms with Crippen LogP contribution in [0.3, 0.4) is 0 Å². The van der Waals surface area contributed by atoms with E-state index >= 15 is 0 Å². The van der Waals surface area contributed by atoms with Gasteiger partial charge >= 0.3 is 0 Å². The lowest BCUT2D eigenvalue weighted by molar-refractivity contribution is -0.133. The fourth-order valence-electron chi connectivity index (χ4n) is 3.11. The molecule has 0 spiro atoms. The van der Waals surface area contributed by atoms with E-state index in [-0.39, 0.29) is 11.2 Å². The second kappa shape index (κ2) is 4.99. The van der Waals surface area contributed by atoms with Crippen LogP contribution in [0, 0.1) is 6.92 Å². The van der Waals surface area contributed by atoms with Gasteiger partial charge in [0.2, 0.25) is 0 Å². The molecule has 1 fully saturated rings. The van der Waals surface area contributed by atoms with Gasteiger partial charge in [-0.15, -0.1) is 11.6 Å². The maximum absolute atomic E-state index is 6.13. The van der Waals surface area contributed by atoms with Gasteiger partial charge in [0.25, 0.3) is 0 Å². The Morgan fingerprint density at radius 3 is 2.21 bits per heavy atom. The number of ether oxygens (including phenoxy) is 1. The van der Waals surface area contributed by atoms with Gasteiger partial charge in [0.05, 0.1) is 11.2 Å². The second-order valence-corrected chi connectivity index (χ2v) is 7.00. The second-order valence-electron chi connectivity index (χ2n) is 6.73. The molecular weight excluding hydrogens is 258 g/mol. The van der Waals surface area contributed by atoms with Crippen LogP contribution in [-0.4, -0.2) is 24.3 Å². The van der Waals surface area contributed by atoms with Crippen molar-refractivity contribution in [1.82, 2.24) is 0 Å². The minimum absolute atomic E-state index is 0.126. The van der Waals surface area contributed by atoms with Crippen molar-refractivity contribution in [2.45, 2.75) is 51.7 Å². The number of rotatable bonds is 2. The molecule has 1 heterocycles. The number of alkyl halides is 1. The molecule has 1 aliphatic heterocycles. The van der Waals surface area contributed by atoms with Crippen LogP contribution in [0.25, 0.3) is 0 Å². The summed E-state index contributed by atoms with van der Waals surface area (Å²) < 4.78 is 6.13. The molecule has 106 valence electrons. The summed E-state index contributed by atoms with van der Waals surface area (Å²) in [6, 6.07) is 6.48. The van der Waals surface area contributed by atoms with Crippen molar-refractivity contribution in [3.63, 3.8) is 0 Å². The lowest BCUT2D eigenvalue weighted by Gasteiger charge is -2.48. The van der Waals surface area contributed by atoms with E-state index in [2.05, 4.69) is 57.7 Å². The van der Waals surface area contributed by atoms with E-state index in [0.717, 1.165) is 13.1 Å². The predicted molar refractivity (Wildman–Crippen MR) is 82.2 cm³/mol. The fraction of sp³-hybridized carbons (Fsp3) is 0.625. The quantitative estimate of drug-likeness (QED) is 0.756. The monoisotopic (exact) mass is 281 g/mol. The molecule has 0 aliphatic carbocycles. The van der Waals surface area contributed by atoms with Crippen LogP contribution in [0.5, 0.6) is 0 Å². The molecule has 0 bridgehead atoms. The third-order valence-electron chi connectivity index (χ3n) is 3.45. The van der Waals surface area contributed by atoms with Gasteiger partial charge in [-0.25, -0.2) is 0 Å². The van der Waals surface area contributed by atoms with E-state index < -0.39 is 0 Å². The highest BCUT2D eigenvalue weighted by atomic mass is 35.5. The SMILES string of the molecule is Cc1cc(CCl)ccc1N1CC(C)(C)OC(C)(C)C1. The molecule has 1 aliphatic rings. The van der Waals surface area contributed by atoms with Crippen LogP contribution >= 0.6 is 11.6 Å². The van der Waals surface area contributed by atoms with E-state index in [4.69, 9.17) is 16.3 Å². The summed E-state index contributed by atoms with van der Waals surface area (Å²) in [5.74, 6) is 0.571. The summed E-state index contributed by atoms with van der Waals surface area (Å²) >= 11 is 5.89. The maximum atomic E-state index is 6.13. The van der Waals surface area contributed by atoms with Crippen molar-refractivity contribution in [2.24, 2.45) is 0 Å². The molecular formula is C16H24ClNO. The highest BCUT2D eigenvalue weighted by Gasteiger charge is 2.38. The van der Waals surface area contributed by atoms with Crippen molar-refractivity contribution in [3.8, 4) is 0 Å². The zero-order valence-corrected chi connectivity index (χ0v) is 13.3. The first-order valence-electron chi connectivity index (χ1n) is 6.83. The number of morpholine rings is 1. The molecule has 1 aromatic carbocycles. The molecule has 1 aromatic rings. The Kier molecular flexibility index (Phi) is 3.85. The van der Waals surface area contributed by atoms with Crippen molar-refractivity contribution in [2.75, 3.05) is 18.0 Å². The zero-order chi connectivity index (χ0) is 14.3. The van der Waals surface area contributed by atoms with Gasteiger partial charge in [-0.2, -0.15) is 0 Å². The first kappa shape index (κ1) is 14.7. The first-order valence-corrected chi connectivity index (χ1v) is 7.36. The van der Waals surface area contributed by atoms with Crippen LogP contribution in [0.15, 0.2) is 18.2 Å². The number of halogens is 1. The van der Waals surface area contributed by atoms with Gasteiger partial charge in [-0.3, -0.25) is 0 Å². The van der Waals surface area contributed by atoms with Crippen LogP contribution in [-0.2, 0) is 10.6 Å². The molecule has 0 saturated carbocycles. The van der Waals surface area contributed by atoms with Crippen molar-refractivity contribution < 1.29 is 4.74 Å². The van der Waals surface area contributed by atoms with E-state index in [0.29, 0.717) is 5.88 Å². The van der Waals surface area contributed by atoms with E-state index in [1.165, 1.54) is 16.8 Å². The molecule has 0 N–H and O–H groups in total. The van der Waals surface area contributed by atoms with Gasteiger partial charge < -0.3 is 9.64 Å². The number of anilines is 1. The Bertz CT molecular complexity index is 452. The first-order chi connectivity index (χ1) is 8.72. The number of hydrogen-bond acceptors (Lipinski definition) is 2. The van der Waals surface area contributed by atoms with Gasteiger partial charge in [-0.05, 0) is 51.8 Å². The van der Waals surface area contributed by atoms with Crippen LogP contribution in [0.2, 0.25) is 0 Å². The zero-order valence-electron chi connectivity index (χ0n) is 12.6. The van der Waals surface area contributed by atoms with E-state index in [1.54, 1.807) is 0 Å². The topological polar surface area (TPSA) is 12.5 Å². The van der Waals surface area contributed by atoms with Crippen LogP contribution in [0.4, 0.5) is 5.69 Å². The van der Waals surface area contributed by atoms with Crippen molar-refractivity contribution in [3.05, 3.63) is 29.3 Å². The smallest absolute Gasteiger partial charge is 0.0808 e. The molecule has 1 saturated heterocycles. The lowest BCUT2D eigenvalue weighted by Crippen LogP contribution is -2.57. The van der Waals surface area contributed by atoms with Crippen molar-refractivity contribution >= 4 is 17.3 Å². The molecule has 0 aromatic heterocycles. The molecule has 2 rings (SSSR count). The maximum Gasteiger partial charge on any atom is 0.0808 e. The van der Waals surface area contributed by atoms with E-state index in [9.17, 15) is 0 Å². The average Bonchev–Trinajstić information content (AvgIpc) is 2.24. The largest absolute Gasteiger partial charge is 0.366 e. The van der Waals surface area contributed by atoms with Crippen molar-refractivity contribution in [1.29, 1.82) is 0 Å². The molecule has 3 heteroatoms. The summed E-state index contributed by atoms with van der Waals surface area (Å²) in [6.45, 7) is 12.6. The van der Waals surface area contributed by atoms with Gasteiger partial charge in [0.1, 0.15) is 0 Å². The van der Waals surface area contributed by atoms with Crippen LogP contribution in [0.1, 0.15) is 38.8 Å². The number of benzene rings is 1. The third kappa shape index (κ3) is 3.43. The summed E-state index contributed by atoms with van der Waals surface area (Å²) in [5, 5.41) is 0. The minimum atomic E-state index is -0.126. The van der Waals surface area contributed by atoms with Crippen LogP contribution < -0.4 is 4.90 Å². The molecule has 0 radical (unpaired) electrons. The molecule has 0 atom stereocenters. The van der Waals surface area contributed by atoms with Gasteiger partial charge in [-0.1, -0.05) is 12.1 Å². The Morgan fingerprint density at radius 2 is 1.74 bits per heavy atom. The summed E-state index contributed by atoms with van der Waals surface area (Å²) in [5.41, 5.74) is 3.50. The lowest BCUT2D eigenvalue weighted by atomic mass is 9.97. The predicted octanol–water partition coefficient (Wildman–Crippen LogP) is 4.13. The van der Waals surface area contributed by atoms with Gasteiger partial charge in [0, 0.05) is 24.7 Å². The summed E-state index contributed by atoms with van der Waals surface area (Å²) in [4.78, 5) is 2.43. The Hall–Kier alpha value is -0.730. The highest BCUT2D eigenvalue weighted by molar-refractivity contribution is 6.17.